The molecule has 1 unspecified atom stereocenters. The van der Waals surface area contributed by atoms with Crippen molar-refractivity contribution in [3.63, 3.8) is 0 Å². The van der Waals surface area contributed by atoms with Gasteiger partial charge in [0.15, 0.2) is 0 Å². The van der Waals surface area contributed by atoms with E-state index >= 15 is 0 Å². The lowest BCUT2D eigenvalue weighted by Gasteiger charge is -2.24. The van der Waals surface area contributed by atoms with Crippen molar-refractivity contribution < 1.29 is 4.74 Å². The van der Waals surface area contributed by atoms with Crippen LogP contribution in [-0.4, -0.2) is 36.3 Å². The normalized spacial score (nSPS) is 12.5. The maximum atomic E-state index is 5.31. The molecule has 2 N–H and O–H groups in total. The first-order chi connectivity index (χ1) is 10.0. The van der Waals surface area contributed by atoms with Crippen LogP contribution >= 0.6 is 0 Å². The number of aromatic nitrogens is 2. The van der Waals surface area contributed by atoms with E-state index in [4.69, 9.17) is 4.74 Å². The average molecular weight is 294 g/mol. The van der Waals surface area contributed by atoms with Crippen molar-refractivity contribution in [3.05, 3.63) is 11.4 Å². The summed E-state index contributed by atoms with van der Waals surface area (Å²) in [6.07, 6.45) is 1.90. The van der Waals surface area contributed by atoms with Crippen LogP contribution in [0.15, 0.2) is 0 Å². The number of nitrogens with zero attached hydrogens (tertiary/aromatic N) is 2. The maximum absolute atomic E-state index is 5.31. The Morgan fingerprint density at radius 2 is 1.81 bits per heavy atom. The number of ether oxygens (including phenoxy) is 1. The van der Waals surface area contributed by atoms with Crippen molar-refractivity contribution in [3.8, 4) is 0 Å². The molecular formula is C16H30N4O. The van der Waals surface area contributed by atoms with Gasteiger partial charge in [-0.2, -0.15) is 0 Å². The Hall–Kier alpha value is -1.36. The number of hydrogen-bond donors (Lipinski definition) is 2. The molecule has 5 heteroatoms. The molecule has 0 aliphatic rings. The lowest BCUT2D eigenvalue weighted by atomic mass is 10.1. The van der Waals surface area contributed by atoms with Crippen molar-refractivity contribution in [2.24, 2.45) is 5.92 Å². The highest BCUT2D eigenvalue weighted by Gasteiger charge is 2.17. The molecule has 0 fully saturated rings. The summed E-state index contributed by atoms with van der Waals surface area (Å²) in [5.74, 6) is 3.18. The Balaban J connectivity index is 3.03. The minimum absolute atomic E-state index is 0.243. The fourth-order valence-electron chi connectivity index (χ4n) is 2.03. The van der Waals surface area contributed by atoms with Gasteiger partial charge in [-0.1, -0.05) is 27.7 Å². The topological polar surface area (TPSA) is 59.1 Å². The van der Waals surface area contributed by atoms with Gasteiger partial charge in [-0.25, -0.2) is 9.97 Å². The fraction of sp³-hybridized carbons (Fsp3) is 0.750. The largest absolute Gasteiger partial charge is 0.383 e. The summed E-state index contributed by atoms with van der Waals surface area (Å²) in [7, 11) is 1.73. The summed E-state index contributed by atoms with van der Waals surface area (Å²) in [5.41, 5.74) is 1.07. The fourth-order valence-corrected chi connectivity index (χ4v) is 2.03. The van der Waals surface area contributed by atoms with E-state index in [1.165, 1.54) is 0 Å². The molecule has 1 aromatic heterocycles. The minimum Gasteiger partial charge on any atom is -0.383 e. The third kappa shape index (κ3) is 5.16. The van der Waals surface area contributed by atoms with E-state index in [2.05, 4.69) is 55.2 Å². The van der Waals surface area contributed by atoms with E-state index in [9.17, 15) is 0 Å². The van der Waals surface area contributed by atoms with E-state index < -0.39 is 0 Å². The summed E-state index contributed by atoms with van der Waals surface area (Å²) in [4.78, 5) is 9.24. The average Bonchev–Trinajstić information content (AvgIpc) is 2.47. The van der Waals surface area contributed by atoms with Crippen LogP contribution in [0.2, 0.25) is 0 Å². The van der Waals surface area contributed by atoms with Crippen LogP contribution in [0.3, 0.4) is 0 Å². The second-order valence-corrected chi connectivity index (χ2v) is 5.69. The molecule has 0 radical (unpaired) electrons. The Bertz CT molecular complexity index is 435. The number of anilines is 2. The number of methoxy groups -OCH3 is 1. The zero-order valence-corrected chi connectivity index (χ0v) is 14.3. The van der Waals surface area contributed by atoms with Gasteiger partial charge in [0.2, 0.25) is 0 Å². The quantitative estimate of drug-likeness (QED) is 0.732. The molecule has 0 saturated carbocycles. The summed E-state index contributed by atoms with van der Waals surface area (Å²) in [5, 5.41) is 6.91. The molecular weight excluding hydrogens is 264 g/mol. The van der Waals surface area contributed by atoms with Gasteiger partial charge in [-0.15, -0.1) is 0 Å². The van der Waals surface area contributed by atoms with Crippen molar-refractivity contribution in [2.45, 2.75) is 53.5 Å². The lowest BCUT2D eigenvalue weighted by molar-refractivity contribution is 0.171. The maximum Gasteiger partial charge on any atom is 0.135 e. The first-order valence-electron chi connectivity index (χ1n) is 7.90. The standard InChI is InChI=1S/C16H30N4O/c1-7-9-17-15-12(5)16(20-14(8-2)19-15)18-13(10-21-6)11(3)4/h11,13H,7-10H2,1-6H3,(H2,17,18,19,20). The molecule has 0 bridgehead atoms. The molecule has 21 heavy (non-hydrogen) atoms. The lowest BCUT2D eigenvalue weighted by Crippen LogP contribution is -2.31. The number of aryl methyl sites for hydroxylation is 1. The summed E-state index contributed by atoms with van der Waals surface area (Å²) >= 11 is 0. The van der Waals surface area contributed by atoms with E-state index in [0.29, 0.717) is 12.5 Å². The van der Waals surface area contributed by atoms with Gasteiger partial charge >= 0.3 is 0 Å². The minimum atomic E-state index is 0.243. The van der Waals surface area contributed by atoms with Gasteiger partial charge in [0.1, 0.15) is 17.5 Å². The third-order valence-corrected chi connectivity index (χ3v) is 3.52. The smallest absolute Gasteiger partial charge is 0.135 e. The molecule has 0 spiro atoms. The van der Waals surface area contributed by atoms with E-state index in [1.54, 1.807) is 7.11 Å². The Kier molecular flexibility index (Phi) is 7.43. The number of nitrogens with one attached hydrogen (secondary N) is 2. The molecule has 120 valence electrons. The SMILES string of the molecule is CCCNc1nc(CC)nc(NC(COC)C(C)C)c1C. The molecule has 5 nitrogen and oxygen atoms in total. The Morgan fingerprint density at radius 1 is 1.14 bits per heavy atom. The van der Waals surface area contributed by atoms with Gasteiger partial charge in [0, 0.05) is 25.6 Å². The summed E-state index contributed by atoms with van der Waals surface area (Å²) < 4.78 is 5.31. The zero-order valence-electron chi connectivity index (χ0n) is 14.3. The molecule has 0 aliphatic heterocycles. The molecule has 0 saturated heterocycles. The zero-order chi connectivity index (χ0) is 15.8. The first kappa shape index (κ1) is 17.7. The monoisotopic (exact) mass is 294 g/mol. The van der Waals surface area contributed by atoms with Crippen LogP contribution < -0.4 is 10.6 Å². The van der Waals surface area contributed by atoms with E-state index in [1.807, 2.05) is 0 Å². The van der Waals surface area contributed by atoms with Gasteiger partial charge in [-0.05, 0) is 19.3 Å². The molecule has 0 amide bonds. The van der Waals surface area contributed by atoms with E-state index in [-0.39, 0.29) is 6.04 Å². The van der Waals surface area contributed by atoms with E-state index in [0.717, 1.165) is 42.4 Å². The molecule has 0 aliphatic carbocycles. The van der Waals surface area contributed by atoms with Crippen LogP contribution in [-0.2, 0) is 11.2 Å². The van der Waals surface area contributed by atoms with Crippen LogP contribution in [0.1, 0.15) is 45.5 Å². The third-order valence-electron chi connectivity index (χ3n) is 3.52. The van der Waals surface area contributed by atoms with Crippen molar-refractivity contribution in [1.29, 1.82) is 0 Å². The molecule has 1 heterocycles. The van der Waals surface area contributed by atoms with Crippen molar-refractivity contribution in [2.75, 3.05) is 30.9 Å². The van der Waals surface area contributed by atoms with Gasteiger partial charge < -0.3 is 15.4 Å². The van der Waals surface area contributed by atoms with Gasteiger partial charge in [0.25, 0.3) is 0 Å². The van der Waals surface area contributed by atoms with Crippen LogP contribution in [0, 0.1) is 12.8 Å². The molecule has 1 aromatic rings. The van der Waals surface area contributed by atoms with Crippen molar-refractivity contribution >= 4 is 11.6 Å². The number of rotatable bonds is 9. The molecule has 0 aromatic carbocycles. The summed E-state index contributed by atoms with van der Waals surface area (Å²) in [6, 6.07) is 0.243. The summed E-state index contributed by atoms with van der Waals surface area (Å²) in [6.45, 7) is 12.2. The first-order valence-corrected chi connectivity index (χ1v) is 7.90. The second-order valence-electron chi connectivity index (χ2n) is 5.69. The van der Waals surface area contributed by atoms with Gasteiger partial charge in [0.05, 0.1) is 12.6 Å². The van der Waals surface area contributed by atoms with Crippen molar-refractivity contribution in [1.82, 2.24) is 9.97 Å². The predicted octanol–water partition coefficient (Wildman–Crippen LogP) is 3.25. The highest BCUT2D eigenvalue weighted by atomic mass is 16.5. The molecule has 1 rings (SSSR count). The number of hydrogen-bond acceptors (Lipinski definition) is 5. The highest BCUT2D eigenvalue weighted by molar-refractivity contribution is 5.57. The predicted molar refractivity (Wildman–Crippen MR) is 89.1 cm³/mol. The highest BCUT2D eigenvalue weighted by Crippen LogP contribution is 2.22. The Morgan fingerprint density at radius 3 is 2.33 bits per heavy atom. The molecule has 1 atom stereocenters. The van der Waals surface area contributed by atoms with Crippen LogP contribution in [0.5, 0.6) is 0 Å². The van der Waals surface area contributed by atoms with Gasteiger partial charge in [-0.3, -0.25) is 0 Å². The Labute approximate surface area is 128 Å². The van der Waals surface area contributed by atoms with Crippen LogP contribution in [0.4, 0.5) is 11.6 Å². The second kappa shape index (κ2) is 8.82. The van der Waals surface area contributed by atoms with Crippen LogP contribution in [0.25, 0.3) is 0 Å².